The van der Waals surface area contributed by atoms with Gasteiger partial charge < -0.3 is 10.4 Å². The van der Waals surface area contributed by atoms with Gasteiger partial charge in [-0.05, 0) is 69.7 Å². The highest BCUT2D eigenvalue weighted by Gasteiger charge is 2.50. The van der Waals surface area contributed by atoms with Crippen LogP contribution < -0.4 is 5.32 Å². The fourth-order valence-corrected chi connectivity index (χ4v) is 4.39. The molecule has 3 nitrogen and oxygen atoms in total. The van der Waals surface area contributed by atoms with Gasteiger partial charge >= 0.3 is 0 Å². The number of aryl methyl sites for hydroxylation is 1. The third kappa shape index (κ3) is 2.82. The first kappa shape index (κ1) is 14.9. The molecule has 0 bridgehead atoms. The molecule has 2 aliphatic heterocycles. The molecule has 1 aromatic rings. The van der Waals surface area contributed by atoms with Crippen molar-refractivity contribution < 1.29 is 5.11 Å². The zero-order valence-corrected chi connectivity index (χ0v) is 13.5. The fourth-order valence-electron chi connectivity index (χ4n) is 4.39. The lowest BCUT2D eigenvalue weighted by atomic mass is 9.84. The van der Waals surface area contributed by atoms with Crippen molar-refractivity contribution in [3.63, 3.8) is 0 Å². The number of likely N-dealkylation sites (tertiary alicyclic amines) is 1. The van der Waals surface area contributed by atoms with Crippen molar-refractivity contribution in [3.05, 3.63) is 29.8 Å². The lowest BCUT2D eigenvalue weighted by Crippen LogP contribution is -2.48. The van der Waals surface area contributed by atoms with Crippen LogP contribution >= 0.6 is 0 Å². The van der Waals surface area contributed by atoms with Gasteiger partial charge in [0.1, 0.15) is 5.75 Å². The highest BCUT2D eigenvalue weighted by atomic mass is 16.3. The van der Waals surface area contributed by atoms with Crippen LogP contribution in [-0.2, 0) is 6.42 Å². The second-order valence-electron chi connectivity index (χ2n) is 7.38. The van der Waals surface area contributed by atoms with Crippen LogP contribution in [0.4, 0.5) is 0 Å². The minimum Gasteiger partial charge on any atom is -0.508 e. The molecule has 0 amide bonds. The third-order valence-electron chi connectivity index (χ3n) is 5.74. The van der Waals surface area contributed by atoms with Gasteiger partial charge in [-0.25, -0.2) is 0 Å². The van der Waals surface area contributed by atoms with Crippen molar-refractivity contribution in [1.29, 1.82) is 0 Å². The molecular weight excluding hydrogens is 260 g/mol. The summed E-state index contributed by atoms with van der Waals surface area (Å²) in [6, 6.07) is 8.26. The first-order chi connectivity index (χ1) is 9.98. The number of benzene rings is 1. The van der Waals surface area contributed by atoms with Gasteiger partial charge in [-0.1, -0.05) is 12.1 Å². The van der Waals surface area contributed by atoms with Crippen LogP contribution in [0.25, 0.3) is 0 Å². The Labute approximate surface area is 128 Å². The summed E-state index contributed by atoms with van der Waals surface area (Å²) in [5, 5.41) is 12.9. The highest BCUT2D eigenvalue weighted by Crippen LogP contribution is 2.42. The van der Waals surface area contributed by atoms with Crippen LogP contribution in [0.3, 0.4) is 0 Å². The van der Waals surface area contributed by atoms with Crippen molar-refractivity contribution >= 4 is 0 Å². The van der Waals surface area contributed by atoms with E-state index < -0.39 is 0 Å². The van der Waals surface area contributed by atoms with E-state index in [1.54, 1.807) is 12.1 Å². The normalized spacial score (nSPS) is 29.5. The number of hydrogen-bond acceptors (Lipinski definition) is 3. The molecule has 0 spiro atoms. The van der Waals surface area contributed by atoms with E-state index in [2.05, 4.69) is 31.0 Å². The van der Waals surface area contributed by atoms with Crippen molar-refractivity contribution in [2.75, 3.05) is 19.6 Å². The summed E-state index contributed by atoms with van der Waals surface area (Å²) >= 11 is 0. The first-order valence-corrected chi connectivity index (χ1v) is 8.24. The number of hydrogen-bond donors (Lipinski definition) is 2. The number of nitrogens with one attached hydrogen (secondary N) is 1. The van der Waals surface area contributed by atoms with E-state index in [0.29, 0.717) is 17.3 Å². The number of phenols is 1. The summed E-state index contributed by atoms with van der Waals surface area (Å²) in [7, 11) is 0. The zero-order chi connectivity index (χ0) is 15.0. The molecule has 0 aromatic heterocycles. The Balaban J connectivity index is 1.60. The van der Waals surface area contributed by atoms with Gasteiger partial charge in [0, 0.05) is 24.7 Å². The quantitative estimate of drug-likeness (QED) is 0.894. The van der Waals surface area contributed by atoms with Gasteiger partial charge in [0.2, 0.25) is 0 Å². The summed E-state index contributed by atoms with van der Waals surface area (Å²) in [5.74, 6) is 1.98. The van der Waals surface area contributed by atoms with Gasteiger partial charge in [-0.15, -0.1) is 0 Å². The molecule has 3 unspecified atom stereocenters. The largest absolute Gasteiger partial charge is 0.508 e. The molecule has 2 heterocycles. The van der Waals surface area contributed by atoms with E-state index in [9.17, 15) is 5.11 Å². The van der Waals surface area contributed by atoms with E-state index in [1.165, 1.54) is 31.6 Å². The maximum absolute atomic E-state index is 9.35. The number of aromatic hydroxyl groups is 1. The average molecular weight is 288 g/mol. The van der Waals surface area contributed by atoms with E-state index >= 15 is 0 Å². The summed E-state index contributed by atoms with van der Waals surface area (Å²) < 4.78 is 0. The zero-order valence-electron chi connectivity index (χ0n) is 13.5. The van der Waals surface area contributed by atoms with E-state index in [1.807, 2.05) is 12.1 Å². The number of rotatable bonds is 4. The van der Waals surface area contributed by atoms with Crippen LogP contribution in [0.2, 0.25) is 0 Å². The summed E-state index contributed by atoms with van der Waals surface area (Å²) in [6.45, 7) is 10.8. The molecule has 0 aliphatic carbocycles. The first-order valence-electron chi connectivity index (χ1n) is 8.24. The lowest BCUT2D eigenvalue weighted by molar-refractivity contribution is 0.0927. The van der Waals surface area contributed by atoms with Crippen LogP contribution in [0, 0.1) is 11.8 Å². The predicted octanol–water partition coefficient (Wildman–Crippen LogP) is 2.64. The molecule has 0 saturated carbocycles. The number of nitrogens with zero attached hydrogens (tertiary/aromatic N) is 1. The third-order valence-corrected chi connectivity index (χ3v) is 5.74. The minimum atomic E-state index is 0.308. The van der Waals surface area contributed by atoms with Crippen LogP contribution in [0.1, 0.15) is 32.8 Å². The highest BCUT2D eigenvalue weighted by molar-refractivity contribution is 5.26. The van der Waals surface area contributed by atoms with Gasteiger partial charge in [-0.3, -0.25) is 4.90 Å². The molecule has 3 rings (SSSR count). The monoisotopic (exact) mass is 288 g/mol. The maximum atomic E-state index is 9.35. The van der Waals surface area contributed by atoms with Crippen LogP contribution in [0.5, 0.6) is 5.75 Å². The second kappa shape index (κ2) is 5.62. The topological polar surface area (TPSA) is 35.5 Å². The van der Waals surface area contributed by atoms with Crippen LogP contribution in [0.15, 0.2) is 24.3 Å². The predicted molar refractivity (Wildman–Crippen MR) is 86.5 cm³/mol. The molecule has 3 heteroatoms. The maximum Gasteiger partial charge on any atom is 0.115 e. The minimum absolute atomic E-state index is 0.308. The number of phenolic OH excluding ortho intramolecular Hbond substituents is 1. The van der Waals surface area contributed by atoms with Gasteiger partial charge in [0.05, 0.1) is 0 Å². The van der Waals surface area contributed by atoms with Crippen molar-refractivity contribution in [3.8, 4) is 5.75 Å². The van der Waals surface area contributed by atoms with Gasteiger partial charge in [0.15, 0.2) is 0 Å². The Bertz CT molecular complexity index is 482. The molecular formula is C18H28N2O. The number of fused-ring (bicyclic) bond motifs is 1. The van der Waals surface area contributed by atoms with Crippen molar-refractivity contribution in [1.82, 2.24) is 10.2 Å². The Morgan fingerprint density at radius 1 is 1.29 bits per heavy atom. The standard InChI is InChI=1S/C18H28N2O/c1-13(4-5-14-6-8-16(21)9-7-14)20-12-15-10-19-11-17(15)18(20,2)3/h6-9,13,15,17,19,21H,4-5,10-12H2,1-3H3. The molecule has 2 fully saturated rings. The van der Waals surface area contributed by atoms with Crippen molar-refractivity contribution in [2.45, 2.75) is 45.2 Å². The molecule has 2 saturated heterocycles. The van der Waals surface area contributed by atoms with Crippen molar-refractivity contribution in [2.24, 2.45) is 11.8 Å². The van der Waals surface area contributed by atoms with E-state index in [0.717, 1.165) is 18.3 Å². The molecule has 3 atom stereocenters. The van der Waals surface area contributed by atoms with Gasteiger partial charge in [-0.2, -0.15) is 0 Å². The van der Waals surface area contributed by atoms with Crippen LogP contribution in [-0.4, -0.2) is 41.2 Å². The van der Waals surface area contributed by atoms with E-state index in [4.69, 9.17) is 0 Å². The Morgan fingerprint density at radius 2 is 2.00 bits per heavy atom. The second-order valence-corrected chi connectivity index (χ2v) is 7.38. The molecule has 1 aromatic carbocycles. The molecule has 2 aliphatic rings. The Kier molecular flexibility index (Phi) is 3.98. The summed E-state index contributed by atoms with van der Waals surface area (Å²) in [4.78, 5) is 2.73. The van der Waals surface area contributed by atoms with Gasteiger partial charge in [0.25, 0.3) is 0 Å². The SMILES string of the molecule is CC(CCc1ccc(O)cc1)N1CC2CNCC2C1(C)C. The van der Waals surface area contributed by atoms with E-state index in [-0.39, 0.29) is 0 Å². The summed E-state index contributed by atoms with van der Waals surface area (Å²) in [5.41, 5.74) is 1.63. The fraction of sp³-hybridized carbons (Fsp3) is 0.667. The molecule has 0 radical (unpaired) electrons. The molecule has 21 heavy (non-hydrogen) atoms. The molecule has 116 valence electrons. The summed E-state index contributed by atoms with van der Waals surface area (Å²) in [6.07, 6.45) is 2.27. The Hall–Kier alpha value is -1.06. The Morgan fingerprint density at radius 3 is 2.67 bits per heavy atom. The molecule has 2 N–H and O–H groups in total. The average Bonchev–Trinajstić information content (AvgIpc) is 3.00. The smallest absolute Gasteiger partial charge is 0.115 e. The lowest BCUT2D eigenvalue weighted by Gasteiger charge is -2.40.